The third-order valence-electron chi connectivity index (χ3n) is 2.82. The first kappa shape index (κ1) is 12.2. The summed E-state index contributed by atoms with van der Waals surface area (Å²) in [7, 11) is 0. The van der Waals surface area contributed by atoms with Crippen molar-refractivity contribution in [2.24, 2.45) is 0 Å². The van der Waals surface area contributed by atoms with Crippen molar-refractivity contribution in [2.75, 3.05) is 0 Å². The summed E-state index contributed by atoms with van der Waals surface area (Å²) in [6.45, 7) is 0. The summed E-state index contributed by atoms with van der Waals surface area (Å²) in [5.74, 6) is 0. The quantitative estimate of drug-likeness (QED) is 0.739. The third-order valence-corrected chi connectivity index (χ3v) is 3.54. The first-order valence-electron chi connectivity index (χ1n) is 5.59. The van der Waals surface area contributed by atoms with Crippen LogP contribution in [0.3, 0.4) is 0 Å². The number of aromatic amines is 1. The normalized spacial score (nSPS) is 10.8. The van der Waals surface area contributed by atoms with E-state index in [1.54, 1.807) is 12.1 Å². The molecule has 0 aliphatic carbocycles. The number of fused-ring (bicyclic) bond motifs is 1. The van der Waals surface area contributed by atoms with Crippen molar-refractivity contribution in [1.82, 2.24) is 9.97 Å². The van der Waals surface area contributed by atoms with E-state index in [1.807, 2.05) is 30.3 Å². The van der Waals surface area contributed by atoms with E-state index in [-0.39, 0.29) is 0 Å². The average Bonchev–Trinajstić information content (AvgIpc) is 2.41. The van der Waals surface area contributed by atoms with E-state index >= 15 is 0 Å². The molecule has 5 heteroatoms. The monoisotopic (exact) mass is 290 g/mol. The van der Waals surface area contributed by atoms with Gasteiger partial charge >= 0.3 is 5.69 Å². The highest BCUT2D eigenvalue weighted by molar-refractivity contribution is 6.42. The van der Waals surface area contributed by atoms with Gasteiger partial charge in [-0.2, -0.15) is 4.98 Å². The summed E-state index contributed by atoms with van der Waals surface area (Å²) in [5.41, 5.74) is 1.66. The molecule has 0 aliphatic heterocycles. The lowest BCUT2D eigenvalue weighted by Crippen LogP contribution is -2.11. The summed E-state index contributed by atoms with van der Waals surface area (Å²) in [4.78, 5) is 18.3. The third kappa shape index (κ3) is 2.23. The number of H-pyrrole nitrogens is 1. The van der Waals surface area contributed by atoms with E-state index < -0.39 is 5.69 Å². The fourth-order valence-corrected chi connectivity index (χ4v) is 2.29. The fourth-order valence-electron chi connectivity index (χ4n) is 1.97. The van der Waals surface area contributed by atoms with Crippen molar-refractivity contribution in [2.45, 2.75) is 0 Å². The Labute approximate surface area is 118 Å². The smallest absolute Gasteiger partial charge is 0.305 e. The molecule has 0 bridgehead atoms. The van der Waals surface area contributed by atoms with Crippen molar-refractivity contribution < 1.29 is 0 Å². The van der Waals surface area contributed by atoms with Crippen molar-refractivity contribution in [3.63, 3.8) is 0 Å². The number of hydrogen-bond acceptors (Lipinski definition) is 2. The first-order valence-corrected chi connectivity index (χ1v) is 6.35. The van der Waals surface area contributed by atoms with Gasteiger partial charge in [-0.3, -0.25) is 0 Å². The minimum absolute atomic E-state index is 0.398. The lowest BCUT2D eigenvalue weighted by atomic mass is 10.1. The largest absolute Gasteiger partial charge is 0.345 e. The van der Waals surface area contributed by atoms with Crippen LogP contribution >= 0.6 is 23.2 Å². The molecule has 3 rings (SSSR count). The van der Waals surface area contributed by atoms with Gasteiger partial charge in [0.2, 0.25) is 0 Å². The standard InChI is InChI=1S/C14H8Cl2N2O/c15-10-6-9-12(7-11(10)16)17-14(19)18-13(9)8-4-2-1-3-5-8/h1-7H,(H,17,18,19). The minimum atomic E-state index is -0.412. The molecule has 1 aromatic heterocycles. The van der Waals surface area contributed by atoms with Gasteiger partial charge in [-0.25, -0.2) is 4.79 Å². The zero-order chi connectivity index (χ0) is 13.4. The topological polar surface area (TPSA) is 45.8 Å². The van der Waals surface area contributed by atoms with Gasteiger partial charge in [0.15, 0.2) is 0 Å². The number of benzene rings is 2. The Balaban J connectivity index is 2.42. The Hall–Kier alpha value is -1.84. The molecule has 0 radical (unpaired) electrons. The van der Waals surface area contributed by atoms with Crippen LogP contribution < -0.4 is 5.69 Å². The molecule has 0 fully saturated rings. The molecule has 94 valence electrons. The highest BCUT2D eigenvalue weighted by Crippen LogP contribution is 2.31. The molecule has 0 spiro atoms. The molecular formula is C14H8Cl2N2O. The van der Waals surface area contributed by atoms with Crippen LogP contribution in [0, 0.1) is 0 Å². The minimum Gasteiger partial charge on any atom is -0.305 e. The van der Waals surface area contributed by atoms with Gasteiger partial charge < -0.3 is 4.98 Å². The van der Waals surface area contributed by atoms with Crippen molar-refractivity contribution in [1.29, 1.82) is 0 Å². The van der Waals surface area contributed by atoms with E-state index in [2.05, 4.69) is 9.97 Å². The second-order valence-electron chi connectivity index (χ2n) is 4.07. The van der Waals surface area contributed by atoms with Gasteiger partial charge in [-0.05, 0) is 12.1 Å². The van der Waals surface area contributed by atoms with E-state index in [0.717, 1.165) is 10.9 Å². The molecule has 3 aromatic rings. The molecule has 0 aliphatic rings. The zero-order valence-corrected chi connectivity index (χ0v) is 11.2. The highest BCUT2D eigenvalue weighted by atomic mass is 35.5. The molecule has 1 heterocycles. The Bertz CT molecular complexity index is 813. The van der Waals surface area contributed by atoms with Gasteiger partial charge in [0.1, 0.15) is 0 Å². The molecule has 0 unspecified atom stereocenters. The lowest BCUT2D eigenvalue weighted by molar-refractivity contribution is 1.12. The molecule has 3 nitrogen and oxygen atoms in total. The number of nitrogens with one attached hydrogen (secondary N) is 1. The maximum absolute atomic E-state index is 11.6. The lowest BCUT2D eigenvalue weighted by Gasteiger charge is -2.06. The van der Waals surface area contributed by atoms with Crippen LogP contribution in [0.25, 0.3) is 22.2 Å². The predicted octanol–water partition coefficient (Wildman–Crippen LogP) is 3.90. The molecule has 0 saturated heterocycles. The van der Waals surface area contributed by atoms with Crippen molar-refractivity contribution in [3.05, 3.63) is 63.0 Å². The van der Waals surface area contributed by atoms with Gasteiger partial charge in [0.25, 0.3) is 0 Å². The summed E-state index contributed by atoms with van der Waals surface area (Å²) in [5, 5.41) is 1.59. The molecule has 19 heavy (non-hydrogen) atoms. The van der Waals surface area contributed by atoms with Crippen LogP contribution in [-0.2, 0) is 0 Å². The van der Waals surface area contributed by atoms with E-state index in [4.69, 9.17) is 23.2 Å². The van der Waals surface area contributed by atoms with E-state index in [1.165, 1.54) is 0 Å². The molecule has 1 N–H and O–H groups in total. The Morgan fingerprint density at radius 2 is 1.68 bits per heavy atom. The maximum atomic E-state index is 11.6. The summed E-state index contributed by atoms with van der Waals surface area (Å²) in [6, 6.07) is 12.8. The second-order valence-corrected chi connectivity index (χ2v) is 4.88. The maximum Gasteiger partial charge on any atom is 0.345 e. The number of nitrogens with zero attached hydrogens (tertiary/aromatic N) is 1. The number of halogens is 2. The molecule has 0 saturated carbocycles. The predicted molar refractivity (Wildman–Crippen MR) is 77.8 cm³/mol. The molecular weight excluding hydrogens is 283 g/mol. The van der Waals surface area contributed by atoms with Gasteiger partial charge in [0.05, 0.1) is 21.3 Å². The van der Waals surface area contributed by atoms with Crippen molar-refractivity contribution in [3.8, 4) is 11.3 Å². The SMILES string of the molecule is O=c1nc(-c2ccccc2)c2cc(Cl)c(Cl)cc2[nH]1. The van der Waals surface area contributed by atoms with E-state index in [0.29, 0.717) is 21.3 Å². The van der Waals surface area contributed by atoms with Crippen LogP contribution in [0.15, 0.2) is 47.3 Å². The molecule has 0 atom stereocenters. The number of hydrogen-bond donors (Lipinski definition) is 1. The van der Waals surface area contributed by atoms with E-state index in [9.17, 15) is 4.79 Å². The van der Waals surface area contributed by atoms with Crippen LogP contribution in [0.4, 0.5) is 0 Å². The summed E-state index contributed by atoms with van der Waals surface area (Å²) >= 11 is 12.0. The van der Waals surface area contributed by atoms with Gasteiger partial charge in [-0.1, -0.05) is 53.5 Å². The Morgan fingerprint density at radius 3 is 2.42 bits per heavy atom. The Morgan fingerprint density at radius 1 is 1.00 bits per heavy atom. The highest BCUT2D eigenvalue weighted by Gasteiger charge is 2.10. The van der Waals surface area contributed by atoms with Gasteiger partial charge in [0, 0.05) is 10.9 Å². The second kappa shape index (κ2) is 4.68. The van der Waals surface area contributed by atoms with Crippen LogP contribution in [0.1, 0.15) is 0 Å². The summed E-state index contributed by atoms with van der Waals surface area (Å²) in [6.07, 6.45) is 0. The Kier molecular flexibility index (Phi) is 3.01. The van der Waals surface area contributed by atoms with Crippen LogP contribution in [0.2, 0.25) is 10.0 Å². The molecule has 0 amide bonds. The van der Waals surface area contributed by atoms with Gasteiger partial charge in [-0.15, -0.1) is 0 Å². The zero-order valence-electron chi connectivity index (χ0n) is 9.65. The number of aromatic nitrogens is 2. The van der Waals surface area contributed by atoms with Crippen LogP contribution in [-0.4, -0.2) is 9.97 Å². The average molecular weight is 291 g/mol. The summed E-state index contributed by atoms with van der Waals surface area (Å²) < 4.78 is 0. The number of rotatable bonds is 1. The van der Waals surface area contributed by atoms with Crippen LogP contribution in [0.5, 0.6) is 0 Å². The molecule has 2 aromatic carbocycles. The van der Waals surface area contributed by atoms with Crippen molar-refractivity contribution >= 4 is 34.1 Å². The fraction of sp³-hybridized carbons (Fsp3) is 0. The first-order chi connectivity index (χ1) is 9.15.